The average Bonchev–Trinajstić information content (AvgIpc) is 3.49. The first-order valence-corrected chi connectivity index (χ1v) is 11.6. The minimum Gasteiger partial charge on any atom is -0.480 e. The molecule has 0 bridgehead atoms. The van der Waals surface area contributed by atoms with E-state index in [1.54, 1.807) is 28.8 Å². The number of carboxylic acids is 1. The third kappa shape index (κ3) is 4.44. The van der Waals surface area contributed by atoms with Crippen LogP contribution in [0.15, 0.2) is 54.6 Å². The van der Waals surface area contributed by atoms with E-state index in [-0.39, 0.29) is 23.6 Å². The number of nitrogens with zero attached hydrogens (tertiary/aromatic N) is 2. The number of aromatic nitrogens is 2. The lowest BCUT2D eigenvalue weighted by Gasteiger charge is -2.12. The Morgan fingerprint density at radius 1 is 1.08 bits per heavy atom. The first-order valence-electron chi connectivity index (χ1n) is 11.6. The molecule has 0 unspecified atom stereocenters. The number of nitrogens with two attached hydrogens (primary N) is 1. The predicted octanol–water partition coefficient (Wildman–Crippen LogP) is 3.01. The van der Waals surface area contributed by atoms with E-state index in [9.17, 15) is 19.5 Å². The van der Waals surface area contributed by atoms with Crippen molar-refractivity contribution in [2.75, 3.05) is 13.4 Å². The van der Waals surface area contributed by atoms with Crippen LogP contribution in [-0.2, 0) is 22.4 Å². The van der Waals surface area contributed by atoms with Gasteiger partial charge in [-0.25, -0.2) is 9.31 Å². The fourth-order valence-electron chi connectivity index (χ4n) is 4.49. The summed E-state index contributed by atoms with van der Waals surface area (Å²) in [6.07, 6.45) is 0.796. The van der Waals surface area contributed by atoms with Crippen molar-refractivity contribution < 1.29 is 33.7 Å². The highest BCUT2D eigenvalue weighted by molar-refractivity contribution is 6.44. The molecule has 10 nitrogen and oxygen atoms in total. The number of fused-ring (bicyclic) bond motifs is 2. The van der Waals surface area contributed by atoms with Gasteiger partial charge in [0.2, 0.25) is 6.79 Å². The van der Waals surface area contributed by atoms with Gasteiger partial charge in [-0.3, -0.25) is 9.59 Å². The van der Waals surface area contributed by atoms with Gasteiger partial charge in [0.05, 0.1) is 17.0 Å². The van der Waals surface area contributed by atoms with Gasteiger partial charge in [-0.15, -0.1) is 0 Å². The summed E-state index contributed by atoms with van der Waals surface area (Å²) >= 11 is 0. The first-order chi connectivity index (χ1) is 17.9. The molecular formula is C27H23N3O7. The molecule has 37 heavy (non-hydrogen) atoms. The summed E-state index contributed by atoms with van der Waals surface area (Å²) in [6.45, 7) is 1.30. The van der Waals surface area contributed by atoms with Gasteiger partial charge in [-0.05, 0) is 35.7 Å². The number of aliphatic carboxylic acids is 1. The van der Waals surface area contributed by atoms with Crippen LogP contribution >= 0.6 is 0 Å². The Kier molecular flexibility index (Phi) is 6.22. The minimum absolute atomic E-state index is 0.0612. The van der Waals surface area contributed by atoms with Crippen molar-refractivity contribution in [2.24, 2.45) is 5.73 Å². The Balaban J connectivity index is 1.80. The second kappa shape index (κ2) is 9.65. The van der Waals surface area contributed by atoms with E-state index < -0.39 is 24.3 Å². The number of benzene rings is 2. The number of rotatable bonds is 9. The number of ketones is 1. The molecule has 188 valence electrons. The number of carboxylic acid groups (broad SMARTS) is 1. The zero-order valence-electron chi connectivity index (χ0n) is 19.9. The molecule has 1 aliphatic rings. The van der Waals surface area contributed by atoms with E-state index in [0.29, 0.717) is 46.9 Å². The van der Waals surface area contributed by atoms with Crippen molar-refractivity contribution in [3.05, 3.63) is 77.0 Å². The first kappa shape index (κ1) is 23.9. The van der Waals surface area contributed by atoms with Crippen molar-refractivity contribution in [3.63, 3.8) is 0 Å². The number of hydrogen-bond donors (Lipinski definition) is 2. The van der Waals surface area contributed by atoms with Gasteiger partial charge in [0.25, 0.3) is 11.7 Å². The smallest absolute Gasteiger partial charge is 0.341 e. The van der Waals surface area contributed by atoms with E-state index in [1.807, 2.05) is 37.3 Å². The standard InChI is InChI=1S/C27H23N3O7/c1-2-17-19(10-15-6-4-3-5-7-15)30-25(24(17)26(33)27(28)34)22(35-13-23(31)32)12-18(29-30)16-8-9-20-21(11-16)37-14-36-20/h3-9,11-12H,2,10,13-14H2,1H3,(H2,28,34)(H,31,32). The lowest BCUT2D eigenvalue weighted by Crippen LogP contribution is -2.24. The molecule has 10 heteroatoms. The van der Waals surface area contributed by atoms with Gasteiger partial charge < -0.3 is 25.1 Å². The Labute approximate surface area is 211 Å². The fraction of sp³-hybridized carbons (Fsp3) is 0.185. The van der Waals surface area contributed by atoms with Crippen LogP contribution in [0, 0.1) is 0 Å². The summed E-state index contributed by atoms with van der Waals surface area (Å²) in [7, 11) is 0. The molecule has 0 spiro atoms. The number of carbonyl (C=O) groups excluding carboxylic acids is 2. The highest BCUT2D eigenvalue weighted by atomic mass is 16.7. The lowest BCUT2D eigenvalue weighted by atomic mass is 9.99. The summed E-state index contributed by atoms with van der Waals surface area (Å²) in [6, 6.07) is 16.4. The quantitative estimate of drug-likeness (QED) is 0.263. The van der Waals surface area contributed by atoms with Gasteiger partial charge in [0.15, 0.2) is 18.1 Å². The van der Waals surface area contributed by atoms with E-state index in [2.05, 4.69) is 0 Å². The molecule has 3 heterocycles. The third-order valence-electron chi connectivity index (χ3n) is 6.10. The van der Waals surface area contributed by atoms with E-state index in [0.717, 1.165) is 5.56 Å². The molecule has 2 aromatic carbocycles. The SMILES string of the molecule is CCc1c(C(=O)C(N)=O)c2c(OCC(=O)O)cc(-c3ccc4c(c3)OCO4)nn2c1Cc1ccccc1. The molecular weight excluding hydrogens is 478 g/mol. The Bertz CT molecular complexity index is 1540. The normalized spacial score (nSPS) is 12.0. The summed E-state index contributed by atoms with van der Waals surface area (Å²) in [5, 5.41) is 14.1. The van der Waals surface area contributed by atoms with Crippen molar-refractivity contribution >= 4 is 23.2 Å². The monoisotopic (exact) mass is 501 g/mol. The van der Waals surface area contributed by atoms with Crippen LogP contribution < -0.4 is 19.9 Å². The molecule has 1 amide bonds. The second-order valence-electron chi connectivity index (χ2n) is 8.41. The Morgan fingerprint density at radius 3 is 2.54 bits per heavy atom. The van der Waals surface area contributed by atoms with E-state index >= 15 is 0 Å². The molecule has 4 aromatic rings. The predicted molar refractivity (Wildman–Crippen MR) is 132 cm³/mol. The molecule has 0 radical (unpaired) electrons. The Morgan fingerprint density at radius 2 is 1.84 bits per heavy atom. The number of hydrogen-bond acceptors (Lipinski definition) is 7. The van der Waals surface area contributed by atoms with E-state index in [4.69, 9.17) is 25.0 Å². The van der Waals surface area contributed by atoms with Crippen LogP contribution in [0.1, 0.15) is 34.1 Å². The highest BCUT2D eigenvalue weighted by Crippen LogP contribution is 2.38. The zero-order chi connectivity index (χ0) is 26.1. The maximum Gasteiger partial charge on any atom is 0.341 e. The number of primary amides is 1. The molecule has 0 fully saturated rings. The fourth-order valence-corrected chi connectivity index (χ4v) is 4.49. The Hall–Kier alpha value is -4.86. The summed E-state index contributed by atoms with van der Waals surface area (Å²) in [5.41, 5.74) is 8.97. The van der Waals surface area contributed by atoms with Gasteiger partial charge >= 0.3 is 5.97 Å². The zero-order valence-corrected chi connectivity index (χ0v) is 19.9. The van der Waals surface area contributed by atoms with Crippen LogP contribution in [0.2, 0.25) is 0 Å². The lowest BCUT2D eigenvalue weighted by molar-refractivity contribution is -0.139. The van der Waals surface area contributed by atoms with Crippen LogP contribution in [0.5, 0.6) is 17.2 Å². The molecule has 0 saturated carbocycles. The molecule has 1 aliphatic heterocycles. The van der Waals surface area contributed by atoms with Gasteiger partial charge in [-0.2, -0.15) is 5.10 Å². The molecule has 3 N–H and O–H groups in total. The maximum atomic E-state index is 13.1. The third-order valence-corrected chi connectivity index (χ3v) is 6.10. The van der Waals surface area contributed by atoms with E-state index in [1.165, 1.54) is 0 Å². The van der Waals surface area contributed by atoms with Crippen LogP contribution in [-0.4, -0.2) is 45.8 Å². The van der Waals surface area contributed by atoms with Crippen molar-refractivity contribution in [3.8, 4) is 28.5 Å². The molecule has 2 aromatic heterocycles. The van der Waals surface area contributed by atoms with Gasteiger partial charge in [0.1, 0.15) is 11.3 Å². The number of carbonyl (C=O) groups is 3. The van der Waals surface area contributed by atoms with Crippen LogP contribution in [0.3, 0.4) is 0 Å². The number of amides is 1. The van der Waals surface area contributed by atoms with Crippen molar-refractivity contribution in [2.45, 2.75) is 19.8 Å². The molecule has 5 rings (SSSR count). The average molecular weight is 501 g/mol. The van der Waals surface area contributed by atoms with Crippen molar-refractivity contribution in [1.29, 1.82) is 0 Å². The van der Waals surface area contributed by atoms with Crippen LogP contribution in [0.4, 0.5) is 0 Å². The topological polar surface area (TPSA) is 142 Å². The van der Waals surface area contributed by atoms with Crippen LogP contribution in [0.25, 0.3) is 16.8 Å². The number of Topliss-reactive ketones (excluding diaryl/α,β-unsaturated/α-hetero) is 1. The molecule has 0 aliphatic carbocycles. The highest BCUT2D eigenvalue weighted by Gasteiger charge is 2.30. The number of ether oxygens (including phenoxy) is 3. The molecule has 0 saturated heterocycles. The van der Waals surface area contributed by atoms with Crippen molar-refractivity contribution in [1.82, 2.24) is 9.61 Å². The van der Waals surface area contributed by atoms with Gasteiger partial charge in [-0.1, -0.05) is 37.3 Å². The summed E-state index contributed by atoms with van der Waals surface area (Å²) in [4.78, 5) is 36.5. The summed E-state index contributed by atoms with van der Waals surface area (Å²) < 4.78 is 18.1. The van der Waals surface area contributed by atoms with Gasteiger partial charge in [0, 0.05) is 18.1 Å². The maximum absolute atomic E-state index is 13.1. The largest absolute Gasteiger partial charge is 0.480 e. The molecule has 0 atom stereocenters. The summed E-state index contributed by atoms with van der Waals surface area (Å²) in [5.74, 6) is -1.99. The second-order valence-corrected chi connectivity index (χ2v) is 8.41. The minimum atomic E-state index is -1.20.